The van der Waals surface area contributed by atoms with Gasteiger partial charge in [0.25, 0.3) is 0 Å². The zero-order valence-electron chi connectivity index (χ0n) is 17.7. The molecular formula is C24H30N4O2. The van der Waals surface area contributed by atoms with Crippen molar-refractivity contribution in [1.29, 1.82) is 0 Å². The summed E-state index contributed by atoms with van der Waals surface area (Å²) in [6.07, 6.45) is 2.72. The molecule has 2 aliphatic rings. The van der Waals surface area contributed by atoms with Crippen LogP contribution in [0.1, 0.15) is 43.2 Å². The predicted octanol–water partition coefficient (Wildman–Crippen LogP) is 3.41. The van der Waals surface area contributed by atoms with Gasteiger partial charge in [0.15, 0.2) is 5.96 Å². The quantitative estimate of drug-likeness (QED) is 0.487. The Morgan fingerprint density at radius 3 is 2.70 bits per heavy atom. The van der Waals surface area contributed by atoms with E-state index in [1.165, 1.54) is 11.1 Å². The molecule has 1 aliphatic carbocycles. The minimum Gasteiger partial charge on any atom is -0.496 e. The molecule has 3 N–H and O–H groups in total. The van der Waals surface area contributed by atoms with Crippen molar-refractivity contribution in [3.63, 3.8) is 0 Å². The molecule has 30 heavy (non-hydrogen) atoms. The van der Waals surface area contributed by atoms with Gasteiger partial charge in [-0.05, 0) is 37.5 Å². The second-order valence-electron chi connectivity index (χ2n) is 8.09. The van der Waals surface area contributed by atoms with Crippen molar-refractivity contribution in [3.8, 4) is 5.75 Å². The predicted molar refractivity (Wildman–Crippen MR) is 120 cm³/mol. The van der Waals surface area contributed by atoms with Crippen LogP contribution in [0.4, 0.5) is 5.69 Å². The maximum atomic E-state index is 12.1. The molecule has 1 amide bonds. The summed E-state index contributed by atoms with van der Waals surface area (Å²) in [5.41, 5.74) is 3.39. The number of benzene rings is 2. The van der Waals surface area contributed by atoms with Crippen molar-refractivity contribution in [1.82, 2.24) is 10.6 Å². The molecule has 0 saturated heterocycles. The van der Waals surface area contributed by atoms with Gasteiger partial charge in [0, 0.05) is 42.1 Å². The molecule has 158 valence electrons. The molecule has 1 saturated carbocycles. The maximum Gasteiger partial charge on any atom is 0.225 e. The summed E-state index contributed by atoms with van der Waals surface area (Å²) in [7, 11) is 1.72. The fourth-order valence-corrected chi connectivity index (χ4v) is 4.22. The lowest BCUT2D eigenvalue weighted by molar-refractivity contribution is -0.116. The average Bonchev–Trinajstić information content (AvgIpc) is 3.56. The zero-order chi connectivity index (χ0) is 21.0. The van der Waals surface area contributed by atoms with Crippen LogP contribution in [0.5, 0.6) is 5.75 Å². The number of methoxy groups -OCH3 is 1. The highest BCUT2D eigenvalue weighted by atomic mass is 16.5. The van der Waals surface area contributed by atoms with Crippen LogP contribution >= 0.6 is 0 Å². The first-order valence-corrected chi connectivity index (χ1v) is 10.7. The van der Waals surface area contributed by atoms with Crippen LogP contribution in [0.2, 0.25) is 0 Å². The van der Waals surface area contributed by atoms with Crippen molar-refractivity contribution < 1.29 is 9.53 Å². The third kappa shape index (κ3) is 4.27. The van der Waals surface area contributed by atoms with Crippen LogP contribution in [-0.4, -0.2) is 38.6 Å². The summed E-state index contributed by atoms with van der Waals surface area (Å²) >= 11 is 0. The number of hydrogen-bond donors (Lipinski definition) is 3. The van der Waals surface area contributed by atoms with Gasteiger partial charge in [0.05, 0.1) is 13.7 Å². The molecule has 6 heteroatoms. The van der Waals surface area contributed by atoms with Crippen molar-refractivity contribution in [2.24, 2.45) is 4.99 Å². The van der Waals surface area contributed by atoms with Gasteiger partial charge in [-0.3, -0.25) is 9.79 Å². The van der Waals surface area contributed by atoms with Crippen LogP contribution in [0, 0.1) is 0 Å². The number of amides is 1. The Balaban J connectivity index is 1.46. The summed E-state index contributed by atoms with van der Waals surface area (Å²) < 4.78 is 5.58. The Kier molecular flexibility index (Phi) is 5.93. The van der Waals surface area contributed by atoms with Crippen molar-refractivity contribution in [3.05, 3.63) is 59.7 Å². The molecule has 0 spiro atoms. The fraction of sp³-hybridized carbons (Fsp3) is 0.417. The van der Waals surface area contributed by atoms with Crippen molar-refractivity contribution in [2.75, 3.05) is 32.1 Å². The normalized spacial score (nSPS) is 19.5. The van der Waals surface area contributed by atoms with E-state index in [2.05, 4.69) is 41.1 Å². The summed E-state index contributed by atoms with van der Waals surface area (Å²) in [5.74, 6) is 1.92. The smallest absolute Gasteiger partial charge is 0.225 e. The number of hydrogen-bond acceptors (Lipinski definition) is 3. The molecule has 4 rings (SSSR count). The van der Waals surface area contributed by atoms with E-state index in [-0.39, 0.29) is 17.2 Å². The van der Waals surface area contributed by atoms with E-state index in [4.69, 9.17) is 9.73 Å². The number of rotatable bonds is 7. The van der Waals surface area contributed by atoms with E-state index < -0.39 is 0 Å². The van der Waals surface area contributed by atoms with E-state index >= 15 is 0 Å². The molecule has 1 atom stereocenters. The van der Waals surface area contributed by atoms with Crippen LogP contribution < -0.4 is 20.7 Å². The molecule has 1 unspecified atom stereocenters. The molecule has 0 bridgehead atoms. The van der Waals surface area contributed by atoms with Gasteiger partial charge < -0.3 is 20.7 Å². The van der Waals surface area contributed by atoms with Gasteiger partial charge in [-0.25, -0.2) is 0 Å². The van der Waals surface area contributed by atoms with Gasteiger partial charge in [-0.2, -0.15) is 0 Å². The highest BCUT2D eigenvalue weighted by Crippen LogP contribution is 2.51. The topological polar surface area (TPSA) is 74.8 Å². The molecule has 1 heterocycles. The van der Waals surface area contributed by atoms with Gasteiger partial charge in [-0.15, -0.1) is 0 Å². The summed E-state index contributed by atoms with van der Waals surface area (Å²) in [4.78, 5) is 17.0. The Bertz CT molecular complexity index is 936. The summed E-state index contributed by atoms with van der Waals surface area (Å²) in [5, 5.41) is 9.77. The number of aliphatic imine (C=N–C) groups is 1. The molecule has 1 fully saturated rings. The average molecular weight is 407 g/mol. The number of anilines is 1. The van der Waals surface area contributed by atoms with Crippen LogP contribution in [0.3, 0.4) is 0 Å². The number of nitrogens with zero attached hydrogens (tertiary/aromatic N) is 1. The van der Waals surface area contributed by atoms with Crippen LogP contribution in [0.15, 0.2) is 53.5 Å². The highest BCUT2D eigenvalue weighted by molar-refractivity contribution is 5.94. The lowest BCUT2D eigenvalue weighted by atomic mass is 9.90. The maximum absolute atomic E-state index is 12.1. The van der Waals surface area contributed by atoms with Gasteiger partial charge in [0.1, 0.15) is 5.75 Å². The number of guanidine groups is 1. The molecule has 0 aromatic heterocycles. The number of carbonyl (C=O) groups is 1. The van der Waals surface area contributed by atoms with Crippen LogP contribution in [0.25, 0.3) is 0 Å². The minimum absolute atomic E-state index is 0.0618. The molecule has 1 aliphatic heterocycles. The van der Waals surface area contributed by atoms with E-state index in [0.29, 0.717) is 19.5 Å². The number of fused-ring (bicyclic) bond motifs is 1. The first-order chi connectivity index (χ1) is 14.6. The monoisotopic (exact) mass is 406 g/mol. The Morgan fingerprint density at radius 1 is 1.17 bits per heavy atom. The summed E-state index contributed by atoms with van der Waals surface area (Å²) in [6.45, 7) is 4.23. The lowest BCUT2D eigenvalue weighted by Gasteiger charge is -2.26. The highest BCUT2D eigenvalue weighted by Gasteiger charge is 2.46. The van der Waals surface area contributed by atoms with E-state index in [1.54, 1.807) is 7.11 Å². The summed E-state index contributed by atoms with van der Waals surface area (Å²) in [6, 6.07) is 16.3. The minimum atomic E-state index is 0.0618. The van der Waals surface area contributed by atoms with Gasteiger partial charge in [-0.1, -0.05) is 36.4 Å². The fourth-order valence-electron chi connectivity index (χ4n) is 4.22. The Hall–Kier alpha value is -3.02. The zero-order valence-corrected chi connectivity index (χ0v) is 17.7. The molecule has 0 radical (unpaired) electrons. The van der Waals surface area contributed by atoms with Crippen molar-refractivity contribution in [2.45, 2.75) is 37.5 Å². The second-order valence-corrected chi connectivity index (χ2v) is 8.09. The molecule has 2 aromatic rings. The third-order valence-corrected chi connectivity index (χ3v) is 6.04. The van der Waals surface area contributed by atoms with Gasteiger partial charge >= 0.3 is 0 Å². The van der Waals surface area contributed by atoms with E-state index in [0.717, 1.165) is 36.8 Å². The van der Waals surface area contributed by atoms with Crippen LogP contribution in [-0.2, 0) is 10.2 Å². The largest absolute Gasteiger partial charge is 0.496 e. The SMILES string of the molecule is CCNC(=NCC1(c2ccccc2OC)CC1)NCC1CC(=O)Nc2ccccc21. The molecular weight excluding hydrogens is 376 g/mol. The Labute approximate surface area is 178 Å². The standard InChI is InChI=1S/C24H30N4O2/c1-3-25-23(26-15-17-14-22(29)28-20-10-6-4-8-18(17)20)27-16-24(12-13-24)19-9-5-7-11-21(19)30-2/h4-11,17H,3,12-16H2,1-2H3,(H,28,29)(H2,25,26,27). The number of carbonyl (C=O) groups excluding carboxylic acids is 1. The Morgan fingerprint density at radius 2 is 1.93 bits per heavy atom. The molecule has 6 nitrogen and oxygen atoms in total. The van der Waals surface area contributed by atoms with E-state index in [1.807, 2.05) is 30.3 Å². The number of nitrogens with one attached hydrogen (secondary N) is 3. The van der Waals surface area contributed by atoms with E-state index in [9.17, 15) is 4.79 Å². The number of para-hydroxylation sites is 2. The third-order valence-electron chi connectivity index (χ3n) is 6.04. The second kappa shape index (κ2) is 8.78. The first-order valence-electron chi connectivity index (χ1n) is 10.7. The van der Waals surface area contributed by atoms with Gasteiger partial charge in [0.2, 0.25) is 5.91 Å². The lowest BCUT2D eigenvalue weighted by Crippen LogP contribution is -2.41. The van der Waals surface area contributed by atoms with Crippen molar-refractivity contribution >= 4 is 17.6 Å². The molecule has 2 aromatic carbocycles. The first kappa shape index (κ1) is 20.3. The number of ether oxygens (including phenoxy) is 1.